The molecule has 0 aliphatic carbocycles. The Morgan fingerprint density at radius 1 is 0.643 bits per heavy atom. The van der Waals surface area contributed by atoms with E-state index in [1.807, 2.05) is 24.3 Å². The predicted octanol–water partition coefficient (Wildman–Crippen LogP) is 6.22. The quantitative estimate of drug-likeness (QED) is 0.415. The van der Waals surface area contributed by atoms with Crippen LogP contribution in [0.4, 0.5) is 0 Å². The van der Waals surface area contributed by atoms with Crippen LogP contribution in [0.15, 0.2) is 72.8 Å². The standard InChI is InChI=1S/C25H28O3/c1-4-19(2)27-17-18-28-25-15-11-23(12-16-25)21-7-5-20(6-8-21)22-9-13-24(26-3)14-10-22/h5-16,19H,4,17-18H2,1-3H3. The third kappa shape index (κ3) is 5.37. The van der Waals surface area contributed by atoms with E-state index in [-0.39, 0.29) is 6.10 Å². The number of rotatable bonds is 9. The summed E-state index contributed by atoms with van der Waals surface area (Å²) in [7, 11) is 1.68. The van der Waals surface area contributed by atoms with Crippen molar-refractivity contribution in [2.45, 2.75) is 26.4 Å². The Morgan fingerprint density at radius 3 is 1.50 bits per heavy atom. The maximum atomic E-state index is 5.75. The lowest BCUT2D eigenvalue weighted by Crippen LogP contribution is -2.13. The van der Waals surface area contributed by atoms with Gasteiger partial charge in [0, 0.05) is 0 Å². The van der Waals surface area contributed by atoms with Gasteiger partial charge in [0.15, 0.2) is 0 Å². The average Bonchev–Trinajstić information content (AvgIpc) is 2.77. The lowest BCUT2D eigenvalue weighted by molar-refractivity contribution is 0.0427. The summed E-state index contributed by atoms with van der Waals surface area (Å²) < 4.78 is 16.6. The zero-order valence-corrected chi connectivity index (χ0v) is 16.9. The van der Waals surface area contributed by atoms with Gasteiger partial charge < -0.3 is 14.2 Å². The van der Waals surface area contributed by atoms with Gasteiger partial charge in [0.05, 0.1) is 19.8 Å². The fourth-order valence-electron chi connectivity index (χ4n) is 2.91. The smallest absolute Gasteiger partial charge is 0.119 e. The van der Waals surface area contributed by atoms with Gasteiger partial charge in [0.25, 0.3) is 0 Å². The van der Waals surface area contributed by atoms with E-state index in [0.29, 0.717) is 13.2 Å². The van der Waals surface area contributed by atoms with Crippen LogP contribution < -0.4 is 9.47 Å². The van der Waals surface area contributed by atoms with Crippen LogP contribution in [-0.4, -0.2) is 26.4 Å². The number of methoxy groups -OCH3 is 1. The monoisotopic (exact) mass is 376 g/mol. The zero-order valence-electron chi connectivity index (χ0n) is 16.9. The van der Waals surface area contributed by atoms with Crippen molar-refractivity contribution in [1.29, 1.82) is 0 Å². The molecule has 0 spiro atoms. The molecule has 1 atom stereocenters. The van der Waals surface area contributed by atoms with Gasteiger partial charge in [-0.25, -0.2) is 0 Å². The highest BCUT2D eigenvalue weighted by Crippen LogP contribution is 2.27. The molecule has 3 aromatic rings. The average molecular weight is 376 g/mol. The molecule has 3 rings (SSSR count). The van der Waals surface area contributed by atoms with Gasteiger partial charge in [0.2, 0.25) is 0 Å². The minimum atomic E-state index is 0.284. The molecule has 146 valence electrons. The Kier molecular flexibility index (Phi) is 7.10. The minimum Gasteiger partial charge on any atom is -0.497 e. The molecule has 0 saturated heterocycles. The largest absolute Gasteiger partial charge is 0.497 e. The predicted molar refractivity (Wildman–Crippen MR) is 115 cm³/mol. The van der Waals surface area contributed by atoms with Crippen molar-refractivity contribution < 1.29 is 14.2 Å². The van der Waals surface area contributed by atoms with Gasteiger partial charge in [-0.1, -0.05) is 55.5 Å². The minimum absolute atomic E-state index is 0.284. The molecule has 28 heavy (non-hydrogen) atoms. The molecule has 0 amide bonds. The maximum Gasteiger partial charge on any atom is 0.119 e. The molecular weight excluding hydrogens is 348 g/mol. The first-order valence-corrected chi connectivity index (χ1v) is 9.79. The Morgan fingerprint density at radius 2 is 1.07 bits per heavy atom. The topological polar surface area (TPSA) is 27.7 Å². The number of hydrogen-bond acceptors (Lipinski definition) is 3. The van der Waals surface area contributed by atoms with Crippen LogP contribution in [0, 0.1) is 0 Å². The summed E-state index contributed by atoms with van der Waals surface area (Å²) in [6.45, 7) is 5.38. The van der Waals surface area contributed by atoms with E-state index in [4.69, 9.17) is 14.2 Å². The Balaban J connectivity index is 1.59. The summed E-state index contributed by atoms with van der Waals surface area (Å²) in [5.41, 5.74) is 4.72. The van der Waals surface area contributed by atoms with Crippen LogP contribution in [0.1, 0.15) is 20.3 Å². The van der Waals surface area contributed by atoms with E-state index in [1.165, 1.54) is 22.3 Å². The van der Waals surface area contributed by atoms with Crippen molar-refractivity contribution in [2.75, 3.05) is 20.3 Å². The highest BCUT2D eigenvalue weighted by molar-refractivity contribution is 5.71. The van der Waals surface area contributed by atoms with Crippen LogP contribution in [0.3, 0.4) is 0 Å². The van der Waals surface area contributed by atoms with E-state index in [0.717, 1.165) is 17.9 Å². The third-order valence-electron chi connectivity index (χ3n) is 4.83. The molecule has 0 aliphatic heterocycles. The maximum absolute atomic E-state index is 5.75. The number of ether oxygens (including phenoxy) is 3. The lowest BCUT2D eigenvalue weighted by atomic mass is 10.0. The SMILES string of the molecule is CCC(C)OCCOc1ccc(-c2ccc(-c3ccc(OC)cc3)cc2)cc1. The second kappa shape index (κ2) is 9.95. The molecule has 0 bridgehead atoms. The molecule has 3 heteroatoms. The van der Waals surface area contributed by atoms with Gasteiger partial charge in [-0.3, -0.25) is 0 Å². The van der Waals surface area contributed by atoms with Crippen molar-refractivity contribution in [3.63, 3.8) is 0 Å². The van der Waals surface area contributed by atoms with Crippen LogP contribution in [0.2, 0.25) is 0 Å². The van der Waals surface area contributed by atoms with Crippen LogP contribution in [0.25, 0.3) is 22.3 Å². The third-order valence-corrected chi connectivity index (χ3v) is 4.83. The first kappa shape index (κ1) is 20.0. The molecule has 0 heterocycles. The zero-order chi connectivity index (χ0) is 19.8. The lowest BCUT2D eigenvalue weighted by Gasteiger charge is -2.12. The van der Waals surface area contributed by atoms with E-state index >= 15 is 0 Å². The van der Waals surface area contributed by atoms with Crippen LogP contribution in [0.5, 0.6) is 11.5 Å². The molecule has 3 aromatic carbocycles. The van der Waals surface area contributed by atoms with E-state index < -0.39 is 0 Å². The molecule has 0 aromatic heterocycles. The summed E-state index contributed by atoms with van der Waals surface area (Å²) in [6, 6.07) is 24.9. The van der Waals surface area contributed by atoms with Crippen molar-refractivity contribution in [1.82, 2.24) is 0 Å². The second-order valence-corrected chi connectivity index (χ2v) is 6.77. The van der Waals surface area contributed by atoms with E-state index in [2.05, 4.69) is 62.4 Å². The second-order valence-electron chi connectivity index (χ2n) is 6.77. The highest BCUT2D eigenvalue weighted by Gasteiger charge is 2.03. The van der Waals surface area contributed by atoms with Crippen LogP contribution in [-0.2, 0) is 4.74 Å². The summed E-state index contributed by atoms with van der Waals surface area (Å²) in [4.78, 5) is 0. The van der Waals surface area contributed by atoms with E-state index in [9.17, 15) is 0 Å². The van der Waals surface area contributed by atoms with Gasteiger partial charge in [0.1, 0.15) is 18.1 Å². The molecule has 0 saturated carbocycles. The van der Waals surface area contributed by atoms with E-state index in [1.54, 1.807) is 7.11 Å². The van der Waals surface area contributed by atoms with Crippen molar-refractivity contribution in [3.8, 4) is 33.8 Å². The number of benzene rings is 3. The number of hydrogen-bond donors (Lipinski definition) is 0. The normalized spacial score (nSPS) is 11.8. The van der Waals surface area contributed by atoms with Crippen molar-refractivity contribution >= 4 is 0 Å². The Hall–Kier alpha value is -2.78. The molecular formula is C25H28O3. The highest BCUT2D eigenvalue weighted by atomic mass is 16.5. The fraction of sp³-hybridized carbons (Fsp3) is 0.280. The van der Waals surface area contributed by atoms with Crippen LogP contribution >= 0.6 is 0 Å². The molecule has 1 unspecified atom stereocenters. The van der Waals surface area contributed by atoms with Gasteiger partial charge in [-0.15, -0.1) is 0 Å². The van der Waals surface area contributed by atoms with Crippen molar-refractivity contribution in [2.24, 2.45) is 0 Å². The summed E-state index contributed by atoms with van der Waals surface area (Å²) >= 11 is 0. The van der Waals surface area contributed by atoms with Gasteiger partial charge in [-0.2, -0.15) is 0 Å². The first-order valence-electron chi connectivity index (χ1n) is 9.79. The van der Waals surface area contributed by atoms with Crippen molar-refractivity contribution in [3.05, 3.63) is 72.8 Å². The molecule has 0 fully saturated rings. The first-order chi connectivity index (χ1) is 13.7. The summed E-state index contributed by atoms with van der Waals surface area (Å²) in [5, 5.41) is 0. The van der Waals surface area contributed by atoms with Gasteiger partial charge >= 0.3 is 0 Å². The molecule has 3 nitrogen and oxygen atoms in total. The Labute approximate surface area is 167 Å². The van der Waals surface area contributed by atoms with Gasteiger partial charge in [-0.05, 0) is 59.9 Å². The summed E-state index contributed by atoms with van der Waals surface area (Å²) in [6.07, 6.45) is 1.30. The Bertz CT molecular complexity index is 836. The fourth-order valence-corrected chi connectivity index (χ4v) is 2.91. The molecule has 0 aliphatic rings. The molecule has 0 N–H and O–H groups in total. The molecule has 0 radical (unpaired) electrons. The summed E-state index contributed by atoms with van der Waals surface area (Å²) in [5.74, 6) is 1.74.